The number of amides is 1. The van der Waals surface area contributed by atoms with E-state index in [2.05, 4.69) is 5.32 Å². The minimum atomic E-state index is -3.70. The van der Waals surface area contributed by atoms with Gasteiger partial charge in [-0.05, 0) is 6.07 Å². The Balaban J connectivity index is 3.57. The molecule has 2 N–H and O–H groups in total. The number of hydrogen-bond acceptors (Lipinski definition) is 6. The van der Waals surface area contributed by atoms with Gasteiger partial charge in [0.05, 0.1) is 21.3 Å². The Morgan fingerprint density at radius 1 is 1.47 bits per heavy atom. The van der Waals surface area contributed by atoms with Crippen molar-refractivity contribution in [3.05, 3.63) is 22.2 Å². The second-order valence-electron chi connectivity index (χ2n) is 3.68. The molecule has 0 aliphatic rings. The molecule has 1 aromatic carbocycles. The summed E-state index contributed by atoms with van der Waals surface area (Å²) in [5, 5.41) is 22.5. The van der Waals surface area contributed by atoms with Crippen LogP contribution in [0.15, 0.2) is 17.0 Å². The Morgan fingerprint density at radius 2 is 2.05 bits per heavy atom. The molecule has 0 saturated heterocycles. The molecule has 0 spiro atoms. The summed E-state index contributed by atoms with van der Waals surface area (Å²) >= 11 is 0. The maximum Gasteiger partial charge on any atom is 0.314 e. The van der Waals surface area contributed by atoms with E-state index in [9.17, 15) is 28.4 Å². The number of nitrogens with zero attached hydrogens (tertiary/aromatic N) is 1. The zero-order chi connectivity index (χ0) is 14.8. The number of sulfone groups is 1. The highest BCUT2D eigenvalue weighted by molar-refractivity contribution is 7.91. The van der Waals surface area contributed by atoms with Gasteiger partial charge in [0.1, 0.15) is 0 Å². The minimum absolute atomic E-state index is 0.256. The van der Waals surface area contributed by atoms with E-state index in [-0.39, 0.29) is 16.3 Å². The normalized spacial score (nSPS) is 11.1. The topological polar surface area (TPSA) is 127 Å². The number of nitro benzene ring substituents is 1. The number of phenolic OH excluding ortho intramolecular Hbond substituents is 1. The largest absolute Gasteiger partial charge is 0.501 e. The highest BCUT2D eigenvalue weighted by atomic mass is 32.2. The van der Waals surface area contributed by atoms with Crippen molar-refractivity contribution in [2.45, 2.75) is 18.7 Å². The van der Waals surface area contributed by atoms with Crippen LogP contribution in [0.5, 0.6) is 5.75 Å². The molecule has 0 aliphatic heterocycles. The van der Waals surface area contributed by atoms with Crippen LogP contribution >= 0.6 is 0 Å². The highest BCUT2D eigenvalue weighted by Crippen LogP contribution is 2.36. The average Bonchev–Trinajstić information content (AvgIpc) is 2.30. The van der Waals surface area contributed by atoms with Crippen LogP contribution < -0.4 is 5.32 Å². The number of aromatic hydroxyl groups is 1. The minimum Gasteiger partial charge on any atom is -0.501 e. The SMILES string of the molecule is CCS(=O)(=O)c1cc(NC(C)=O)c(O)c([N+](=O)[O-])c1. The smallest absolute Gasteiger partial charge is 0.314 e. The summed E-state index contributed by atoms with van der Waals surface area (Å²) in [4.78, 5) is 20.4. The van der Waals surface area contributed by atoms with Crippen molar-refractivity contribution in [3.8, 4) is 5.75 Å². The van der Waals surface area contributed by atoms with Crippen LogP contribution in [0.2, 0.25) is 0 Å². The van der Waals surface area contributed by atoms with Crippen LogP contribution in [0.4, 0.5) is 11.4 Å². The number of benzene rings is 1. The standard InChI is InChI=1S/C10H12N2O6S/c1-3-19(17,18)7-4-8(11-6(2)13)10(14)9(5-7)12(15)16/h4-5,14H,3H2,1-2H3,(H,11,13). The van der Waals surface area contributed by atoms with E-state index in [1.54, 1.807) is 0 Å². The number of phenols is 1. The molecule has 0 saturated carbocycles. The summed E-state index contributed by atoms with van der Waals surface area (Å²) < 4.78 is 23.4. The predicted molar refractivity (Wildman–Crippen MR) is 66.8 cm³/mol. The maximum absolute atomic E-state index is 11.7. The lowest BCUT2D eigenvalue weighted by atomic mass is 10.2. The number of carbonyl (C=O) groups is 1. The monoisotopic (exact) mass is 288 g/mol. The van der Waals surface area contributed by atoms with E-state index in [0.717, 1.165) is 19.1 Å². The van der Waals surface area contributed by atoms with E-state index in [1.807, 2.05) is 0 Å². The van der Waals surface area contributed by atoms with Crippen molar-refractivity contribution < 1.29 is 23.2 Å². The van der Waals surface area contributed by atoms with Gasteiger partial charge < -0.3 is 10.4 Å². The van der Waals surface area contributed by atoms with Crippen LogP contribution in [0.3, 0.4) is 0 Å². The lowest BCUT2D eigenvalue weighted by molar-refractivity contribution is -0.386. The fourth-order valence-corrected chi connectivity index (χ4v) is 2.29. The summed E-state index contributed by atoms with van der Waals surface area (Å²) in [6.45, 7) is 2.51. The van der Waals surface area contributed by atoms with Crippen LogP contribution in [-0.4, -0.2) is 30.1 Å². The zero-order valence-corrected chi connectivity index (χ0v) is 11.0. The molecule has 0 atom stereocenters. The molecule has 0 fully saturated rings. The Kier molecular flexibility index (Phi) is 4.10. The molecule has 0 unspecified atom stereocenters. The van der Waals surface area contributed by atoms with Crippen molar-refractivity contribution in [1.82, 2.24) is 0 Å². The molecule has 19 heavy (non-hydrogen) atoms. The van der Waals surface area contributed by atoms with Gasteiger partial charge in [-0.1, -0.05) is 6.92 Å². The lowest BCUT2D eigenvalue weighted by Gasteiger charge is -2.08. The van der Waals surface area contributed by atoms with Gasteiger partial charge in [0, 0.05) is 13.0 Å². The van der Waals surface area contributed by atoms with Crippen molar-refractivity contribution >= 4 is 27.1 Å². The Hall–Kier alpha value is -2.16. The van der Waals surface area contributed by atoms with Crippen LogP contribution in [-0.2, 0) is 14.6 Å². The zero-order valence-electron chi connectivity index (χ0n) is 10.2. The first-order valence-corrected chi connectivity index (χ1v) is 6.86. The summed E-state index contributed by atoms with van der Waals surface area (Å²) in [6, 6.07) is 1.75. The first-order valence-electron chi connectivity index (χ1n) is 5.20. The number of hydrogen-bond donors (Lipinski definition) is 2. The molecule has 9 heteroatoms. The van der Waals surface area contributed by atoms with Gasteiger partial charge in [-0.3, -0.25) is 14.9 Å². The van der Waals surface area contributed by atoms with Crippen LogP contribution in [0.25, 0.3) is 0 Å². The lowest BCUT2D eigenvalue weighted by Crippen LogP contribution is -2.10. The number of carbonyl (C=O) groups excluding carboxylic acids is 1. The third-order valence-corrected chi connectivity index (χ3v) is 4.02. The fraction of sp³-hybridized carbons (Fsp3) is 0.300. The average molecular weight is 288 g/mol. The van der Waals surface area contributed by atoms with Crippen LogP contribution in [0, 0.1) is 10.1 Å². The molecule has 0 heterocycles. The fourth-order valence-electron chi connectivity index (χ4n) is 1.36. The molecule has 1 rings (SSSR count). The highest BCUT2D eigenvalue weighted by Gasteiger charge is 2.24. The summed E-state index contributed by atoms with van der Waals surface area (Å²) in [5.41, 5.74) is -1.09. The molecule has 0 aromatic heterocycles. The predicted octanol–water partition coefficient (Wildman–Crippen LogP) is 1.05. The summed E-state index contributed by atoms with van der Waals surface area (Å²) in [6.07, 6.45) is 0. The number of nitrogens with one attached hydrogen (secondary N) is 1. The molecule has 0 aliphatic carbocycles. The molecule has 1 amide bonds. The Bertz CT molecular complexity index is 638. The Morgan fingerprint density at radius 3 is 2.47 bits per heavy atom. The van der Waals surface area contributed by atoms with Crippen molar-refractivity contribution in [3.63, 3.8) is 0 Å². The van der Waals surface area contributed by atoms with Gasteiger partial charge in [0.2, 0.25) is 11.7 Å². The molecular formula is C10H12N2O6S. The van der Waals surface area contributed by atoms with Gasteiger partial charge in [0.15, 0.2) is 9.84 Å². The van der Waals surface area contributed by atoms with Gasteiger partial charge in [0.25, 0.3) is 0 Å². The van der Waals surface area contributed by atoms with E-state index < -0.39 is 32.1 Å². The number of anilines is 1. The van der Waals surface area contributed by atoms with E-state index >= 15 is 0 Å². The van der Waals surface area contributed by atoms with E-state index in [1.165, 1.54) is 6.92 Å². The van der Waals surface area contributed by atoms with E-state index in [0.29, 0.717) is 0 Å². The summed E-state index contributed by atoms with van der Waals surface area (Å²) in [5.74, 6) is -1.63. The van der Waals surface area contributed by atoms with Crippen LogP contribution in [0.1, 0.15) is 13.8 Å². The number of rotatable bonds is 4. The first kappa shape index (κ1) is 14.9. The van der Waals surface area contributed by atoms with E-state index in [4.69, 9.17) is 0 Å². The molecule has 104 valence electrons. The maximum atomic E-state index is 11.7. The molecule has 0 bridgehead atoms. The van der Waals surface area contributed by atoms with Crippen molar-refractivity contribution in [1.29, 1.82) is 0 Å². The van der Waals surface area contributed by atoms with Crippen molar-refractivity contribution in [2.24, 2.45) is 0 Å². The molecule has 0 radical (unpaired) electrons. The summed E-state index contributed by atoms with van der Waals surface area (Å²) in [7, 11) is -3.70. The van der Waals surface area contributed by atoms with Gasteiger partial charge >= 0.3 is 5.69 Å². The second kappa shape index (κ2) is 5.22. The third kappa shape index (κ3) is 3.19. The van der Waals surface area contributed by atoms with Gasteiger partial charge in [-0.25, -0.2) is 8.42 Å². The molecule has 1 aromatic rings. The quantitative estimate of drug-likeness (QED) is 0.484. The molecular weight excluding hydrogens is 276 g/mol. The Labute approximate surface area is 109 Å². The van der Waals surface area contributed by atoms with Gasteiger partial charge in [-0.15, -0.1) is 0 Å². The van der Waals surface area contributed by atoms with Gasteiger partial charge in [-0.2, -0.15) is 0 Å². The second-order valence-corrected chi connectivity index (χ2v) is 5.96. The first-order chi connectivity index (χ1) is 8.69. The number of nitro groups is 1. The van der Waals surface area contributed by atoms with Crippen molar-refractivity contribution in [2.75, 3.05) is 11.1 Å². The molecule has 8 nitrogen and oxygen atoms in total. The third-order valence-electron chi connectivity index (χ3n) is 2.31.